The van der Waals surface area contributed by atoms with Crippen molar-refractivity contribution in [3.8, 4) is 5.75 Å². The van der Waals surface area contributed by atoms with Gasteiger partial charge in [0.05, 0.1) is 12.6 Å². The van der Waals surface area contributed by atoms with Gasteiger partial charge in [-0.05, 0) is 42.0 Å². The molecule has 1 saturated heterocycles. The van der Waals surface area contributed by atoms with Gasteiger partial charge < -0.3 is 19.9 Å². The molecule has 1 unspecified atom stereocenters. The summed E-state index contributed by atoms with van der Waals surface area (Å²) in [5.41, 5.74) is 0.927. The van der Waals surface area contributed by atoms with Crippen molar-refractivity contribution in [2.75, 3.05) is 5.32 Å². The third-order valence-electron chi connectivity index (χ3n) is 4.02. The first-order valence-corrected chi connectivity index (χ1v) is 11.6. The molecular weight excluding hydrogens is 472 g/mol. The average Bonchev–Trinajstić information content (AvgIpc) is 3.06. The number of benzene rings is 2. The van der Waals surface area contributed by atoms with Crippen LogP contribution in [-0.4, -0.2) is 47.9 Å². The molecule has 1 fully saturated rings. The van der Waals surface area contributed by atoms with Gasteiger partial charge in [0.2, 0.25) is 11.8 Å². The van der Waals surface area contributed by atoms with Gasteiger partial charge in [0.25, 0.3) is 0 Å². The van der Waals surface area contributed by atoms with Crippen LogP contribution in [0.25, 0.3) is 0 Å². The van der Waals surface area contributed by atoms with E-state index in [2.05, 4.69) is 20.8 Å². The van der Waals surface area contributed by atoms with Gasteiger partial charge in [-0.2, -0.15) is 13.5 Å². The predicted octanol–water partition coefficient (Wildman–Crippen LogP) is 1.81. The normalized spacial score (nSPS) is 17.2. The molecule has 0 saturated carbocycles. The molecular formula is C20H18N4O7S2. The summed E-state index contributed by atoms with van der Waals surface area (Å²) in [4.78, 5) is 33.4. The lowest BCUT2D eigenvalue weighted by molar-refractivity contribution is -0.138. The summed E-state index contributed by atoms with van der Waals surface area (Å²) in [5, 5.41) is 20.9. The number of hydrogen-bond acceptors (Lipinski definition) is 9. The van der Waals surface area contributed by atoms with Crippen molar-refractivity contribution in [1.29, 1.82) is 0 Å². The highest BCUT2D eigenvalue weighted by molar-refractivity contribution is 8.15. The highest BCUT2D eigenvalue weighted by Gasteiger charge is 2.32. The molecule has 2 aromatic rings. The zero-order valence-electron chi connectivity index (χ0n) is 17.1. The number of rotatable bonds is 8. The number of amidine groups is 1. The highest BCUT2D eigenvalue weighted by atomic mass is 32.2. The van der Waals surface area contributed by atoms with Crippen LogP contribution in [-0.2, 0) is 24.5 Å². The Hall–Kier alpha value is -3.71. The van der Waals surface area contributed by atoms with Crippen molar-refractivity contribution in [3.63, 3.8) is 0 Å². The number of nitrogens with zero attached hydrogens (tertiary/aromatic N) is 2. The highest BCUT2D eigenvalue weighted by Crippen LogP contribution is 2.23. The summed E-state index contributed by atoms with van der Waals surface area (Å²) in [5.74, 6) is -1.79. The quantitative estimate of drug-likeness (QED) is 0.286. The Labute approximate surface area is 193 Å². The monoisotopic (exact) mass is 490 g/mol. The van der Waals surface area contributed by atoms with E-state index in [-0.39, 0.29) is 28.1 Å². The lowest BCUT2D eigenvalue weighted by atomic mass is 10.2. The number of carboxylic acid groups (broad SMARTS) is 1. The van der Waals surface area contributed by atoms with Gasteiger partial charge in [-0.15, -0.1) is 5.10 Å². The van der Waals surface area contributed by atoms with E-state index in [1.54, 1.807) is 12.1 Å². The number of hydrogen-bond donors (Lipinski definition) is 3. The second kappa shape index (κ2) is 10.3. The molecule has 3 rings (SSSR count). The minimum Gasteiger partial charge on any atom is -0.481 e. The number of aliphatic carboxylic acids is 1. The molecule has 11 nitrogen and oxygen atoms in total. The summed E-state index contributed by atoms with van der Waals surface area (Å²) < 4.78 is 30.2. The van der Waals surface area contributed by atoms with Crippen LogP contribution < -0.4 is 14.8 Å². The van der Waals surface area contributed by atoms with Crippen molar-refractivity contribution in [3.05, 3.63) is 54.1 Å². The molecule has 172 valence electrons. The summed E-state index contributed by atoms with van der Waals surface area (Å²) in [7, 11) is -4.11. The number of nitrogens with one attached hydrogen (secondary N) is 2. The number of amides is 2. The fourth-order valence-corrected chi connectivity index (χ4v) is 4.46. The second-order valence-electron chi connectivity index (χ2n) is 6.66. The van der Waals surface area contributed by atoms with Crippen LogP contribution in [0.5, 0.6) is 5.75 Å². The Bertz CT molecular complexity index is 1240. The van der Waals surface area contributed by atoms with Crippen LogP contribution in [0.2, 0.25) is 0 Å². The third kappa shape index (κ3) is 6.89. The molecule has 0 aliphatic carbocycles. The average molecular weight is 491 g/mol. The third-order valence-corrected chi connectivity index (χ3v) is 6.35. The fraction of sp³-hybridized carbons (Fsp3) is 0.150. The largest absolute Gasteiger partial charge is 0.481 e. The standard InChI is InChI=1S/C20H18N4O7S2/c1-12(25)22-14-5-7-16(8-6-14)33(29,30)31-15-4-2-3-13(9-15)11-21-24-20-23-19(28)17(32-20)10-18(26)27/h2-9,11,17H,10H2,1H3,(H,22,25)(H,26,27)(H,23,24,28). The molecule has 1 aliphatic rings. The molecule has 33 heavy (non-hydrogen) atoms. The molecule has 3 N–H and O–H groups in total. The van der Waals surface area contributed by atoms with Crippen LogP contribution in [0, 0.1) is 0 Å². The Kier molecular flexibility index (Phi) is 7.45. The van der Waals surface area contributed by atoms with Gasteiger partial charge in [0.1, 0.15) is 15.9 Å². The number of carbonyl (C=O) groups excluding carboxylic acids is 2. The molecule has 0 radical (unpaired) electrons. The van der Waals surface area contributed by atoms with Crippen LogP contribution in [0.4, 0.5) is 5.69 Å². The maximum Gasteiger partial charge on any atom is 0.339 e. The minimum atomic E-state index is -4.11. The molecule has 13 heteroatoms. The molecule has 0 bridgehead atoms. The topological polar surface area (TPSA) is 164 Å². The van der Waals surface area contributed by atoms with E-state index in [0.29, 0.717) is 11.3 Å². The number of anilines is 1. The Balaban J connectivity index is 1.66. The zero-order chi connectivity index (χ0) is 24.0. The zero-order valence-corrected chi connectivity index (χ0v) is 18.7. The smallest absolute Gasteiger partial charge is 0.339 e. The van der Waals surface area contributed by atoms with Gasteiger partial charge in [-0.3, -0.25) is 14.4 Å². The molecule has 1 atom stereocenters. The van der Waals surface area contributed by atoms with E-state index in [1.807, 2.05) is 0 Å². The van der Waals surface area contributed by atoms with E-state index in [9.17, 15) is 22.8 Å². The minimum absolute atomic E-state index is 0.0441. The van der Waals surface area contributed by atoms with Crippen molar-refractivity contribution < 1.29 is 32.1 Å². The van der Waals surface area contributed by atoms with Crippen LogP contribution >= 0.6 is 11.8 Å². The van der Waals surface area contributed by atoms with Crippen molar-refractivity contribution in [2.45, 2.75) is 23.5 Å². The van der Waals surface area contributed by atoms with E-state index in [4.69, 9.17) is 9.29 Å². The maximum absolute atomic E-state index is 12.5. The molecule has 2 amide bonds. The molecule has 2 aromatic carbocycles. The second-order valence-corrected chi connectivity index (χ2v) is 9.40. The Morgan fingerprint density at radius 3 is 2.64 bits per heavy atom. The molecule has 1 aliphatic heterocycles. The number of carbonyl (C=O) groups is 3. The first kappa shape index (κ1) is 23.9. The number of carboxylic acids is 1. The van der Waals surface area contributed by atoms with E-state index < -0.39 is 27.2 Å². The van der Waals surface area contributed by atoms with E-state index in [0.717, 1.165) is 11.8 Å². The van der Waals surface area contributed by atoms with Crippen LogP contribution in [0.15, 0.2) is 63.6 Å². The van der Waals surface area contributed by atoms with E-state index >= 15 is 0 Å². The van der Waals surface area contributed by atoms with Crippen molar-refractivity contribution in [2.24, 2.45) is 10.2 Å². The van der Waals surface area contributed by atoms with Crippen LogP contribution in [0.1, 0.15) is 18.9 Å². The summed E-state index contributed by atoms with van der Waals surface area (Å²) in [6.07, 6.45) is 0.995. The maximum atomic E-state index is 12.5. The lowest BCUT2D eigenvalue weighted by Gasteiger charge is -2.08. The first-order chi connectivity index (χ1) is 15.6. The van der Waals surface area contributed by atoms with Gasteiger partial charge >= 0.3 is 16.1 Å². The lowest BCUT2D eigenvalue weighted by Crippen LogP contribution is -2.26. The van der Waals surface area contributed by atoms with E-state index in [1.165, 1.54) is 49.5 Å². The SMILES string of the molecule is CC(=O)Nc1ccc(S(=O)(=O)Oc2cccc(C=NN=C3NC(=O)C(CC(=O)O)S3)c2)cc1. The fourth-order valence-electron chi connectivity index (χ4n) is 2.62. The van der Waals surface area contributed by atoms with Crippen LogP contribution in [0.3, 0.4) is 0 Å². The molecule has 0 spiro atoms. The van der Waals surface area contributed by atoms with Crippen molar-refractivity contribution in [1.82, 2.24) is 5.32 Å². The summed E-state index contributed by atoms with van der Waals surface area (Å²) in [6, 6.07) is 11.6. The summed E-state index contributed by atoms with van der Waals surface area (Å²) >= 11 is 0.963. The summed E-state index contributed by atoms with van der Waals surface area (Å²) in [6.45, 7) is 1.34. The Morgan fingerprint density at radius 2 is 1.97 bits per heavy atom. The molecule has 0 aromatic heterocycles. The van der Waals surface area contributed by atoms with Gasteiger partial charge in [-0.1, -0.05) is 23.9 Å². The Morgan fingerprint density at radius 1 is 1.24 bits per heavy atom. The van der Waals surface area contributed by atoms with Gasteiger partial charge in [0.15, 0.2) is 5.17 Å². The van der Waals surface area contributed by atoms with Gasteiger partial charge in [0, 0.05) is 12.6 Å². The van der Waals surface area contributed by atoms with Gasteiger partial charge in [-0.25, -0.2) is 0 Å². The molecule has 1 heterocycles. The van der Waals surface area contributed by atoms with Crippen molar-refractivity contribution >= 4 is 56.7 Å². The number of thioether (sulfide) groups is 1. The predicted molar refractivity (Wildman–Crippen MR) is 122 cm³/mol. The first-order valence-electron chi connectivity index (χ1n) is 9.35.